The Morgan fingerprint density at radius 2 is 1.05 bits per heavy atom. The molecule has 0 spiro atoms. The van der Waals surface area contributed by atoms with Crippen LogP contribution in [0, 0.1) is 5.92 Å². The van der Waals surface area contributed by atoms with Crippen LogP contribution in [0.2, 0.25) is 0 Å². The third-order valence-corrected chi connectivity index (χ3v) is 7.83. The molecule has 4 nitrogen and oxygen atoms in total. The molecule has 0 amide bonds. The molecule has 0 saturated carbocycles. The minimum Gasteiger partial charge on any atom is -0.408 e. The second kappa shape index (κ2) is 27.0. The average Bonchev–Trinajstić information content (AvgIpc) is 2.89. The lowest BCUT2D eigenvalue weighted by Gasteiger charge is -2.27. The van der Waals surface area contributed by atoms with Crippen LogP contribution in [0.25, 0.3) is 0 Å². The first-order valence-corrected chi connectivity index (χ1v) is 16.6. The third-order valence-electron chi connectivity index (χ3n) is 7.83. The molecule has 222 valence electrons. The molecule has 0 bridgehead atoms. The average molecular weight is 527 g/mol. The minimum atomic E-state index is -1.77. The summed E-state index contributed by atoms with van der Waals surface area (Å²) in [5.74, 6) is -1.52. The molecular formula is C33H66O4. The van der Waals surface area contributed by atoms with E-state index in [1.165, 1.54) is 116 Å². The molecule has 1 N–H and O–H groups in total. The molecule has 0 radical (unpaired) electrons. The van der Waals surface area contributed by atoms with Crippen molar-refractivity contribution in [1.82, 2.24) is 0 Å². The van der Waals surface area contributed by atoms with Gasteiger partial charge in [0.2, 0.25) is 0 Å². The first-order chi connectivity index (χ1) is 18.0. The molecule has 0 fully saturated rings. The number of carbonyl (C=O) groups excluding carboxylic acids is 1. The van der Waals surface area contributed by atoms with Crippen LogP contribution < -0.4 is 0 Å². The Balaban J connectivity index is 3.53. The third kappa shape index (κ3) is 24.2. The summed E-state index contributed by atoms with van der Waals surface area (Å²) in [4.78, 5) is 12.2. The normalized spacial score (nSPS) is 14.0. The fourth-order valence-corrected chi connectivity index (χ4v) is 5.13. The van der Waals surface area contributed by atoms with Gasteiger partial charge >= 0.3 is 11.9 Å². The highest BCUT2D eigenvalue weighted by Gasteiger charge is 2.30. The van der Waals surface area contributed by atoms with Crippen molar-refractivity contribution in [2.75, 3.05) is 6.61 Å². The van der Waals surface area contributed by atoms with Gasteiger partial charge < -0.3 is 14.6 Å². The van der Waals surface area contributed by atoms with Crippen LogP contribution in [-0.2, 0) is 14.3 Å². The van der Waals surface area contributed by atoms with Crippen LogP contribution in [0.3, 0.4) is 0 Å². The standard InChI is InChI=1S/C33H66O4/c1-5-9-10-11-12-13-14-15-16-17-18-19-20-21-22-23-24-25-26-28-32(34)37-33(35,8-4)36-30-29-31(7-3)27-6-2/h31,35H,5-30H2,1-4H3. The molecule has 0 saturated heterocycles. The highest BCUT2D eigenvalue weighted by molar-refractivity contribution is 5.69. The second-order valence-electron chi connectivity index (χ2n) is 11.4. The molecule has 2 unspecified atom stereocenters. The van der Waals surface area contributed by atoms with Gasteiger partial charge in [0.05, 0.1) is 6.61 Å². The van der Waals surface area contributed by atoms with Gasteiger partial charge in [0.25, 0.3) is 0 Å². The van der Waals surface area contributed by atoms with Crippen molar-refractivity contribution in [3.8, 4) is 0 Å². The van der Waals surface area contributed by atoms with Gasteiger partial charge in [0.15, 0.2) is 0 Å². The molecule has 0 aromatic rings. The van der Waals surface area contributed by atoms with Gasteiger partial charge in [-0.05, 0) is 18.8 Å². The van der Waals surface area contributed by atoms with E-state index in [9.17, 15) is 9.90 Å². The molecule has 0 aliphatic rings. The summed E-state index contributed by atoms with van der Waals surface area (Å²) in [7, 11) is 0. The number of rotatable bonds is 29. The van der Waals surface area contributed by atoms with Crippen LogP contribution in [0.1, 0.15) is 188 Å². The zero-order valence-electron chi connectivity index (χ0n) is 25.6. The van der Waals surface area contributed by atoms with E-state index in [0.29, 0.717) is 18.9 Å². The zero-order valence-corrected chi connectivity index (χ0v) is 25.6. The van der Waals surface area contributed by atoms with E-state index < -0.39 is 5.97 Å². The van der Waals surface area contributed by atoms with Crippen molar-refractivity contribution in [2.24, 2.45) is 5.92 Å². The maximum Gasteiger partial charge on any atom is 0.326 e. The molecule has 0 aromatic heterocycles. The highest BCUT2D eigenvalue weighted by atomic mass is 16.8. The summed E-state index contributed by atoms with van der Waals surface area (Å²) >= 11 is 0. The second-order valence-corrected chi connectivity index (χ2v) is 11.4. The van der Waals surface area contributed by atoms with E-state index in [4.69, 9.17) is 9.47 Å². The fourth-order valence-electron chi connectivity index (χ4n) is 5.13. The molecule has 4 heteroatoms. The smallest absolute Gasteiger partial charge is 0.326 e. The van der Waals surface area contributed by atoms with E-state index in [1.54, 1.807) is 6.92 Å². The summed E-state index contributed by atoms with van der Waals surface area (Å²) in [6.07, 6.45) is 30.3. The van der Waals surface area contributed by atoms with Gasteiger partial charge in [-0.3, -0.25) is 4.79 Å². The topological polar surface area (TPSA) is 55.8 Å². The maximum absolute atomic E-state index is 12.2. The summed E-state index contributed by atoms with van der Waals surface area (Å²) < 4.78 is 10.9. The van der Waals surface area contributed by atoms with Crippen LogP contribution in [0.4, 0.5) is 0 Å². The number of hydrogen-bond donors (Lipinski definition) is 1. The Kier molecular flexibility index (Phi) is 26.5. The van der Waals surface area contributed by atoms with Crippen molar-refractivity contribution in [3.05, 3.63) is 0 Å². The van der Waals surface area contributed by atoms with Crippen LogP contribution >= 0.6 is 0 Å². The molecule has 0 aromatic carbocycles. The maximum atomic E-state index is 12.2. The summed E-state index contributed by atoms with van der Waals surface area (Å²) in [6.45, 7) is 8.87. The van der Waals surface area contributed by atoms with Crippen LogP contribution in [0.15, 0.2) is 0 Å². The van der Waals surface area contributed by atoms with Gasteiger partial charge in [-0.1, -0.05) is 163 Å². The van der Waals surface area contributed by atoms with Gasteiger partial charge in [0.1, 0.15) is 0 Å². The fraction of sp³-hybridized carbons (Fsp3) is 0.970. The van der Waals surface area contributed by atoms with Crippen LogP contribution in [0.5, 0.6) is 0 Å². The van der Waals surface area contributed by atoms with Crippen molar-refractivity contribution < 1.29 is 19.4 Å². The van der Waals surface area contributed by atoms with Gasteiger partial charge in [0, 0.05) is 12.8 Å². The summed E-state index contributed by atoms with van der Waals surface area (Å²) in [5, 5.41) is 10.5. The van der Waals surface area contributed by atoms with Crippen LogP contribution in [-0.4, -0.2) is 23.7 Å². The quantitative estimate of drug-likeness (QED) is 0.0598. The Labute approximate surface area is 232 Å². The molecule has 0 aliphatic carbocycles. The summed E-state index contributed by atoms with van der Waals surface area (Å²) in [6, 6.07) is 0. The summed E-state index contributed by atoms with van der Waals surface area (Å²) in [5.41, 5.74) is 0. The molecule has 0 rings (SSSR count). The van der Waals surface area contributed by atoms with Crippen molar-refractivity contribution in [3.63, 3.8) is 0 Å². The largest absolute Gasteiger partial charge is 0.408 e. The van der Waals surface area contributed by atoms with Gasteiger partial charge in [-0.2, -0.15) is 0 Å². The van der Waals surface area contributed by atoms with E-state index in [-0.39, 0.29) is 12.4 Å². The van der Waals surface area contributed by atoms with E-state index >= 15 is 0 Å². The number of esters is 1. The van der Waals surface area contributed by atoms with Crippen molar-refractivity contribution in [1.29, 1.82) is 0 Å². The van der Waals surface area contributed by atoms with Gasteiger partial charge in [-0.25, -0.2) is 0 Å². The lowest BCUT2D eigenvalue weighted by molar-refractivity contribution is -0.344. The first kappa shape index (κ1) is 36.4. The lowest BCUT2D eigenvalue weighted by Crippen LogP contribution is -2.38. The number of aliphatic hydroxyl groups is 1. The Morgan fingerprint density at radius 1 is 0.622 bits per heavy atom. The predicted octanol–water partition coefficient (Wildman–Crippen LogP) is 10.6. The van der Waals surface area contributed by atoms with E-state index in [2.05, 4.69) is 20.8 Å². The van der Waals surface area contributed by atoms with E-state index in [1.807, 2.05) is 0 Å². The molecule has 2 atom stereocenters. The molecular weight excluding hydrogens is 460 g/mol. The number of hydrogen-bond acceptors (Lipinski definition) is 4. The number of ether oxygens (including phenoxy) is 2. The predicted molar refractivity (Wildman–Crippen MR) is 159 cm³/mol. The van der Waals surface area contributed by atoms with Crippen molar-refractivity contribution >= 4 is 5.97 Å². The van der Waals surface area contributed by atoms with Crippen molar-refractivity contribution in [2.45, 2.75) is 194 Å². The van der Waals surface area contributed by atoms with Gasteiger partial charge in [-0.15, -0.1) is 0 Å². The minimum absolute atomic E-state index is 0.252. The number of unbranched alkanes of at least 4 members (excludes halogenated alkanes) is 18. The Hall–Kier alpha value is -0.610. The Bertz CT molecular complexity index is 481. The lowest BCUT2D eigenvalue weighted by atomic mass is 9.98. The highest BCUT2D eigenvalue weighted by Crippen LogP contribution is 2.21. The molecule has 37 heavy (non-hydrogen) atoms. The Morgan fingerprint density at radius 3 is 1.43 bits per heavy atom. The zero-order chi connectivity index (χ0) is 27.5. The number of carbonyl (C=O) groups is 1. The first-order valence-electron chi connectivity index (χ1n) is 16.6. The monoisotopic (exact) mass is 526 g/mol. The molecule has 0 heterocycles. The molecule has 0 aliphatic heterocycles. The van der Waals surface area contributed by atoms with E-state index in [0.717, 1.165) is 32.1 Å². The SMILES string of the molecule is CCCCCCCCCCCCCCCCCCCCCC(=O)OC(O)(CC)OCCC(CC)CCC.